The largest absolute Gasteiger partial charge is 0.476 e. The van der Waals surface area contributed by atoms with Crippen molar-refractivity contribution in [2.24, 2.45) is 0 Å². The van der Waals surface area contributed by atoms with Gasteiger partial charge in [-0.15, -0.1) is 0 Å². The van der Waals surface area contributed by atoms with E-state index in [9.17, 15) is 9.90 Å². The molecule has 0 atom stereocenters. The van der Waals surface area contributed by atoms with Crippen LogP contribution in [0.2, 0.25) is 0 Å². The highest BCUT2D eigenvalue weighted by molar-refractivity contribution is 9.10. The molecule has 0 aliphatic heterocycles. The van der Waals surface area contributed by atoms with E-state index in [-0.39, 0.29) is 11.6 Å². The zero-order valence-corrected chi connectivity index (χ0v) is 12.6. The second-order valence-corrected chi connectivity index (χ2v) is 5.62. The number of hydrogen-bond acceptors (Lipinski definition) is 2. The molecule has 100 valence electrons. The molecule has 0 saturated heterocycles. The normalized spacial score (nSPS) is 11.0. The number of carbonyl (C=O) groups is 1. The number of aromatic nitrogens is 2. The summed E-state index contributed by atoms with van der Waals surface area (Å²) in [4.78, 5) is 11.2. The smallest absolute Gasteiger partial charge is 0.356 e. The molecule has 0 radical (unpaired) electrons. The van der Waals surface area contributed by atoms with Crippen LogP contribution in [0.3, 0.4) is 0 Å². The van der Waals surface area contributed by atoms with Gasteiger partial charge in [0, 0.05) is 10.0 Å². The molecule has 0 spiro atoms. The third kappa shape index (κ3) is 2.56. The van der Waals surface area contributed by atoms with E-state index >= 15 is 0 Å². The molecule has 5 heteroatoms. The zero-order chi connectivity index (χ0) is 14.2. The third-order valence-corrected chi connectivity index (χ3v) is 3.52. The highest BCUT2D eigenvalue weighted by Gasteiger charge is 2.21. The highest BCUT2D eigenvalue weighted by atomic mass is 79.9. The van der Waals surface area contributed by atoms with Gasteiger partial charge in [0.1, 0.15) is 0 Å². The molecule has 0 bridgehead atoms. The molecule has 19 heavy (non-hydrogen) atoms. The Labute approximate surface area is 120 Å². The molecular weight excluding hydrogens is 308 g/mol. The van der Waals surface area contributed by atoms with Gasteiger partial charge in [0.05, 0.1) is 11.4 Å². The van der Waals surface area contributed by atoms with Crippen LogP contribution in [0.25, 0.3) is 5.69 Å². The lowest BCUT2D eigenvalue weighted by molar-refractivity contribution is 0.0689. The summed E-state index contributed by atoms with van der Waals surface area (Å²) in [6.07, 6.45) is 0. The standard InChI is InChI=1S/C14H15BrN2O2/c1-8(2)13-9(3)12(14(18)19)16-17(13)11-6-4-10(15)5-7-11/h4-8H,1-3H3,(H,18,19). The Kier molecular flexibility index (Phi) is 3.75. The first-order chi connectivity index (χ1) is 8.91. The van der Waals surface area contributed by atoms with Crippen LogP contribution in [-0.2, 0) is 0 Å². The van der Waals surface area contributed by atoms with Gasteiger partial charge in [-0.1, -0.05) is 29.8 Å². The topological polar surface area (TPSA) is 55.1 Å². The summed E-state index contributed by atoms with van der Waals surface area (Å²) >= 11 is 3.38. The minimum absolute atomic E-state index is 0.117. The fraction of sp³-hybridized carbons (Fsp3) is 0.286. The number of halogens is 1. The molecule has 2 aromatic rings. The molecule has 0 unspecified atom stereocenters. The van der Waals surface area contributed by atoms with Crippen molar-refractivity contribution in [1.82, 2.24) is 9.78 Å². The average Bonchev–Trinajstić information content (AvgIpc) is 2.68. The van der Waals surface area contributed by atoms with Crippen LogP contribution in [0.15, 0.2) is 28.7 Å². The Morgan fingerprint density at radius 3 is 2.37 bits per heavy atom. The molecule has 0 amide bonds. The van der Waals surface area contributed by atoms with Gasteiger partial charge < -0.3 is 5.11 Å². The van der Waals surface area contributed by atoms with Crippen LogP contribution >= 0.6 is 15.9 Å². The molecule has 1 heterocycles. The van der Waals surface area contributed by atoms with Crippen LogP contribution in [-0.4, -0.2) is 20.9 Å². The van der Waals surface area contributed by atoms with Crippen molar-refractivity contribution in [2.75, 3.05) is 0 Å². The SMILES string of the molecule is Cc1c(C(=O)O)nn(-c2ccc(Br)cc2)c1C(C)C. The van der Waals surface area contributed by atoms with E-state index < -0.39 is 5.97 Å². The zero-order valence-electron chi connectivity index (χ0n) is 11.0. The molecular formula is C14H15BrN2O2. The maximum absolute atomic E-state index is 11.2. The third-order valence-electron chi connectivity index (χ3n) is 2.99. The molecule has 0 aliphatic carbocycles. The first-order valence-electron chi connectivity index (χ1n) is 6.00. The Hall–Kier alpha value is -1.62. The minimum atomic E-state index is -0.990. The van der Waals surface area contributed by atoms with Crippen LogP contribution in [0.5, 0.6) is 0 Å². The van der Waals surface area contributed by atoms with Crippen molar-refractivity contribution in [3.05, 3.63) is 45.7 Å². The van der Waals surface area contributed by atoms with E-state index in [0.717, 1.165) is 21.4 Å². The van der Waals surface area contributed by atoms with E-state index in [4.69, 9.17) is 0 Å². The van der Waals surface area contributed by atoms with Crippen LogP contribution < -0.4 is 0 Å². The predicted octanol–water partition coefficient (Wildman–Crippen LogP) is 3.76. The Bertz CT molecular complexity index is 615. The van der Waals surface area contributed by atoms with Gasteiger partial charge in [-0.05, 0) is 37.1 Å². The van der Waals surface area contributed by atoms with Gasteiger partial charge in [0.2, 0.25) is 0 Å². The molecule has 1 aromatic carbocycles. The van der Waals surface area contributed by atoms with Crippen molar-refractivity contribution in [1.29, 1.82) is 0 Å². The van der Waals surface area contributed by atoms with Gasteiger partial charge in [-0.25, -0.2) is 9.48 Å². The van der Waals surface area contributed by atoms with E-state index in [1.54, 1.807) is 11.6 Å². The molecule has 2 rings (SSSR count). The number of nitrogens with zero attached hydrogens (tertiary/aromatic N) is 2. The van der Waals surface area contributed by atoms with Crippen molar-refractivity contribution in [3.63, 3.8) is 0 Å². The van der Waals surface area contributed by atoms with E-state index in [1.165, 1.54) is 0 Å². The van der Waals surface area contributed by atoms with E-state index in [1.807, 2.05) is 38.1 Å². The highest BCUT2D eigenvalue weighted by Crippen LogP contribution is 2.26. The Morgan fingerprint density at radius 2 is 1.89 bits per heavy atom. The van der Waals surface area contributed by atoms with Crippen LogP contribution in [0.4, 0.5) is 0 Å². The molecule has 0 saturated carbocycles. The maximum atomic E-state index is 11.2. The van der Waals surface area contributed by atoms with Crippen LogP contribution in [0.1, 0.15) is 41.5 Å². The summed E-state index contributed by atoms with van der Waals surface area (Å²) in [5, 5.41) is 13.4. The van der Waals surface area contributed by atoms with Gasteiger partial charge >= 0.3 is 5.97 Å². The van der Waals surface area contributed by atoms with Crippen LogP contribution in [0, 0.1) is 6.92 Å². The first-order valence-corrected chi connectivity index (χ1v) is 6.80. The number of benzene rings is 1. The Balaban J connectivity index is 2.65. The van der Waals surface area contributed by atoms with Crippen molar-refractivity contribution in [3.8, 4) is 5.69 Å². The van der Waals surface area contributed by atoms with Crippen molar-refractivity contribution >= 4 is 21.9 Å². The molecule has 0 fully saturated rings. The number of rotatable bonds is 3. The number of aromatic carboxylic acids is 1. The molecule has 1 aromatic heterocycles. The van der Waals surface area contributed by atoms with Gasteiger partial charge in [0.15, 0.2) is 5.69 Å². The number of carboxylic acids is 1. The number of carboxylic acid groups (broad SMARTS) is 1. The summed E-state index contributed by atoms with van der Waals surface area (Å²) in [5.41, 5.74) is 2.64. The average molecular weight is 323 g/mol. The Morgan fingerprint density at radius 1 is 1.32 bits per heavy atom. The van der Waals surface area contributed by atoms with Gasteiger partial charge in [-0.2, -0.15) is 5.10 Å². The quantitative estimate of drug-likeness (QED) is 0.935. The summed E-state index contributed by atoms with van der Waals surface area (Å²) in [7, 11) is 0. The predicted molar refractivity (Wildman–Crippen MR) is 77.0 cm³/mol. The second kappa shape index (κ2) is 5.17. The van der Waals surface area contributed by atoms with Crippen molar-refractivity contribution in [2.45, 2.75) is 26.7 Å². The summed E-state index contributed by atoms with van der Waals surface area (Å²) in [6, 6.07) is 7.65. The molecule has 0 aliphatic rings. The number of hydrogen-bond donors (Lipinski definition) is 1. The summed E-state index contributed by atoms with van der Waals surface area (Å²) in [6.45, 7) is 5.87. The monoisotopic (exact) mass is 322 g/mol. The van der Waals surface area contributed by atoms with Gasteiger partial charge in [-0.3, -0.25) is 0 Å². The first kappa shape index (κ1) is 13.8. The second-order valence-electron chi connectivity index (χ2n) is 4.71. The molecule has 4 nitrogen and oxygen atoms in total. The lowest BCUT2D eigenvalue weighted by Gasteiger charge is -2.11. The van der Waals surface area contributed by atoms with E-state index in [0.29, 0.717) is 0 Å². The van der Waals surface area contributed by atoms with Crippen molar-refractivity contribution < 1.29 is 9.90 Å². The molecule has 1 N–H and O–H groups in total. The fourth-order valence-electron chi connectivity index (χ4n) is 2.17. The lowest BCUT2D eigenvalue weighted by Crippen LogP contribution is -2.04. The summed E-state index contributed by atoms with van der Waals surface area (Å²) < 4.78 is 2.69. The fourth-order valence-corrected chi connectivity index (χ4v) is 2.43. The lowest BCUT2D eigenvalue weighted by atomic mass is 10.0. The van der Waals surface area contributed by atoms with Gasteiger partial charge in [0.25, 0.3) is 0 Å². The van der Waals surface area contributed by atoms with E-state index in [2.05, 4.69) is 21.0 Å². The maximum Gasteiger partial charge on any atom is 0.356 e. The minimum Gasteiger partial charge on any atom is -0.476 e. The summed E-state index contributed by atoms with van der Waals surface area (Å²) in [5.74, 6) is -0.792.